The zero-order chi connectivity index (χ0) is 23.3. The van der Waals surface area contributed by atoms with Gasteiger partial charge in [-0.15, -0.1) is 11.3 Å². The van der Waals surface area contributed by atoms with Crippen LogP contribution >= 0.6 is 11.3 Å². The summed E-state index contributed by atoms with van der Waals surface area (Å²) in [5.74, 6) is 0.164. The fourth-order valence-corrected chi connectivity index (χ4v) is 5.16. The Bertz CT molecular complexity index is 1230. The number of hydrogen-bond acceptors (Lipinski definition) is 6. The number of thiophene rings is 1. The van der Waals surface area contributed by atoms with Gasteiger partial charge in [0.15, 0.2) is 5.78 Å². The predicted octanol–water partition coefficient (Wildman–Crippen LogP) is 4.78. The number of ketones is 1. The van der Waals surface area contributed by atoms with E-state index in [-0.39, 0.29) is 29.4 Å². The highest BCUT2D eigenvalue weighted by Gasteiger charge is 2.19. The summed E-state index contributed by atoms with van der Waals surface area (Å²) in [7, 11) is -2.35. The maximum atomic E-state index is 12.9. The molecule has 0 radical (unpaired) electrons. The van der Waals surface area contributed by atoms with Crippen molar-refractivity contribution in [1.29, 1.82) is 0 Å². The van der Waals surface area contributed by atoms with Gasteiger partial charge in [0.25, 0.3) is 10.0 Å². The molecule has 0 saturated carbocycles. The molecule has 32 heavy (non-hydrogen) atoms. The molecule has 9 heteroatoms. The van der Waals surface area contributed by atoms with Gasteiger partial charge in [-0.05, 0) is 67.9 Å². The standard InChI is InChI=1S/C23H24N2O5S2/c1-15-4-6-18(24-23(27)13-11-20(26)21-12-5-16(2)31-21)14-22(15)32(28,29)25-17-7-9-19(30-3)10-8-17/h4-10,12,14,25H,11,13H2,1-3H3,(H,24,27). The summed E-state index contributed by atoms with van der Waals surface area (Å²) >= 11 is 1.40. The van der Waals surface area contributed by atoms with E-state index < -0.39 is 10.0 Å². The van der Waals surface area contributed by atoms with Gasteiger partial charge in [0.2, 0.25) is 5.91 Å². The summed E-state index contributed by atoms with van der Waals surface area (Å²) in [6, 6.07) is 14.8. The van der Waals surface area contributed by atoms with Gasteiger partial charge in [-0.3, -0.25) is 14.3 Å². The Hall–Kier alpha value is -3.17. The van der Waals surface area contributed by atoms with Crippen molar-refractivity contribution in [2.24, 2.45) is 0 Å². The van der Waals surface area contributed by atoms with Crippen LogP contribution in [-0.4, -0.2) is 27.2 Å². The maximum Gasteiger partial charge on any atom is 0.262 e. The number of rotatable bonds is 9. The van der Waals surface area contributed by atoms with Crippen molar-refractivity contribution in [2.45, 2.75) is 31.6 Å². The fraction of sp³-hybridized carbons (Fsp3) is 0.217. The molecule has 0 saturated heterocycles. The van der Waals surface area contributed by atoms with Crippen molar-refractivity contribution in [3.8, 4) is 5.75 Å². The Labute approximate surface area is 191 Å². The second kappa shape index (κ2) is 9.97. The molecule has 7 nitrogen and oxygen atoms in total. The van der Waals surface area contributed by atoms with Gasteiger partial charge in [0, 0.05) is 29.1 Å². The minimum atomic E-state index is -3.88. The number of carbonyl (C=O) groups is 2. The monoisotopic (exact) mass is 472 g/mol. The Morgan fingerprint density at radius 1 is 0.938 bits per heavy atom. The number of anilines is 2. The van der Waals surface area contributed by atoms with Gasteiger partial charge >= 0.3 is 0 Å². The van der Waals surface area contributed by atoms with Gasteiger partial charge in [-0.2, -0.15) is 0 Å². The van der Waals surface area contributed by atoms with Gasteiger partial charge < -0.3 is 10.1 Å². The van der Waals surface area contributed by atoms with E-state index in [2.05, 4.69) is 10.0 Å². The number of nitrogens with one attached hydrogen (secondary N) is 2. The van der Waals surface area contributed by atoms with Crippen molar-refractivity contribution in [2.75, 3.05) is 17.1 Å². The molecule has 168 valence electrons. The third kappa shape index (κ3) is 5.95. The van der Waals surface area contributed by atoms with Crippen LogP contribution in [0.3, 0.4) is 0 Å². The SMILES string of the molecule is COc1ccc(NS(=O)(=O)c2cc(NC(=O)CCC(=O)c3ccc(C)s3)ccc2C)cc1. The predicted molar refractivity (Wildman–Crippen MR) is 126 cm³/mol. The molecule has 0 atom stereocenters. The van der Waals surface area contributed by atoms with Gasteiger partial charge in [0.1, 0.15) is 5.75 Å². The van der Waals surface area contributed by atoms with Gasteiger partial charge in [0.05, 0.1) is 16.9 Å². The summed E-state index contributed by atoms with van der Waals surface area (Å²) in [5.41, 5.74) is 1.27. The average molecular weight is 473 g/mol. The van der Waals surface area contributed by atoms with Gasteiger partial charge in [-0.1, -0.05) is 6.07 Å². The normalized spacial score (nSPS) is 11.1. The summed E-state index contributed by atoms with van der Waals surface area (Å²) in [6.45, 7) is 3.59. The van der Waals surface area contributed by atoms with E-state index in [0.29, 0.717) is 27.6 Å². The van der Waals surface area contributed by atoms with E-state index in [1.54, 1.807) is 49.4 Å². The first-order valence-corrected chi connectivity index (χ1v) is 12.1. The minimum absolute atomic E-state index is 0.00976. The molecule has 0 bridgehead atoms. The number of Topliss-reactive ketones (excluding diaryl/α,β-unsaturated/α-hetero) is 1. The van der Waals surface area contributed by atoms with Crippen molar-refractivity contribution in [3.05, 3.63) is 69.9 Å². The highest BCUT2D eigenvalue weighted by molar-refractivity contribution is 7.92. The zero-order valence-corrected chi connectivity index (χ0v) is 19.6. The number of hydrogen-bond donors (Lipinski definition) is 2. The Morgan fingerprint density at radius 2 is 1.62 bits per heavy atom. The molecule has 0 spiro atoms. The second-order valence-corrected chi connectivity index (χ2v) is 10.1. The molecule has 0 aliphatic rings. The smallest absolute Gasteiger partial charge is 0.262 e. The minimum Gasteiger partial charge on any atom is -0.497 e. The molecule has 2 N–H and O–H groups in total. The quantitative estimate of drug-likeness (QED) is 0.437. The van der Waals surface area contributed by atoms with Gasteiger partial charge in [-0.25, -0.2) is 8.42 Å². The van der Waals surface area contributed by atoms with Crippen molar-refractivity contribution in [3.63, 3.8) is 0 Å². The van der Waals surface area contributed by atoms with Crippen molar-refractivity contribution in [1.82, 2.24) is 0 Å². The molecule has 0 aliphatic heterocycles. The first-order valence-electron chi connectivity index (χ1n) is 9.85. The summed E-state index contributed by atoms with van der Waals surface area (Å²) in [5, 5.41) is 2.68. The van der Waals surface area contributed by atoms with Crippen LogP contribution in [0.15, 0.2) is 59.5 Å². The highest BCUT2D eigenvalue weighted by Crippen LogP contribution is 2.24. The molecule has 0 aliphatic carbocycles. The van der Waals surface area contributed by atoms with Crippen LogP contribution in [0.5, 0.6) is 5.75 Å². The molecule has 3 rings (SSSR count). The second-order valence-electron chi connectivity index (χ2n) is 7.20. The lowest BCUT2D eigenvalue weighted by atomic mass is 10.1. The number of carbonyl (C=O) groups excluding carboxylic acids is 2. The average Bonchev–Trinajstić information content (AvgIpc) is 3.20. The molecular weight excluding hydrogens is 448 g/mol. The van der Waals surface area contributed by atoms with Crippen LogP contribution in [0, 0.1) is 13.8 Å². The van der Waals surface area contributed by atoms with E-state index in [1.165, 1.54) is 24.5 Å². The Morgan fingerprint density at radius 3 is 2.25 bits per heavy atom. The summed E-state index contributed by atoms with van der Waals surface area (Å²) in [6.07, 6.45) is 0.0949. The molecule has 1 amide bonds. The maximum absolute atomic E-state index is 12.9. The first kappa shape index (κ1) is 23.5. The molecule has 0 unspecified atom stereocenters. The van der Waals surface area contributed by atoms with Crippen LogP contribution in [0.1, 0.15) is 33.0 Å². The van der Waals surface area contributed by atoms with E-state index >= 15 is 0 Å². The zero-order valence-electron chi connectivity index (χ0n) is 18.0. The van der Waals surface area contributed by atoms with Crippen LogP contribution < -0.4 is 14.8 Å². The number of aryl methyl sites for hydroxylation is 2. The lowest BCUT2D eigenvalue weighted by molar-refractivity contribution is -0.116. The highest BCUT2D eigenvalue weighted by atomic mass is 32.2. The van der Waals surface area contributed by atoms with E-state index in [0.717, 1.165) is 4.88 Å². The number of ether oxygens (including phenoxy) is 1. The molecule has 1 heterocycles. The lowest BCUT2D eigenvalue weighted by Crippen LogP contribution is -2.16. The number of methoxy groups -OCH3 is 1. The molecular formula is C23H24N2O5S2. The fourth-order valence-electron chi connectivity index (χ4n) is 2.99. The first-order chi connectivity index (χ1) is 15.2. The number of benzene rings is 2. The number of sulfonamides is 1. The van der Waals surface area contributed by atoms with E-state index in [4.69, 9.17) is 4.74 Å². The van der Waals surface area contributed by atoms with Crippen LogP contribution in [0.2, 0.25) is 0 Å². The molecule has 0 fully saturated rings. The summed E-state index contributed by atoms with van der Waals surface area (Å²) < 4.78 is 33.4. The lowest BCUT2D eigenvalue weighted by Gasteiger charge is -2.13. The van der Waals surface area contributed by atoms with Crippen molar-refractivity contribution < 1.29 is 22.7 Å². The Kier molecular flexibility index (Phi) is 7.32. The molecule has 2 aromatic carbocycles. The molecule has 1 aromatic heterocycles. The van der Waals surface area contributed by atoms with Crippen LogP contribution in [0.4, 0.5) is 11.4 Å². The van der Waals surface area contributed by atoms with Crippen LogP contribution in [0.25, 0.3) is 0 Å². The number of amides is 1. The third-order valence-electron chi connectivity index (χ3n) is 4.70. The van der Waals surface area contributed by atoms with E-state index in [1.807, 2.05) is 13.0 Å². The van der Waals surface area contributed by atoms with Crippen molar-refractivity contribution >= 4 is 44.4 Å². The summed E-state index contributed by atoms with van der Waals surface area (Å²) in [4.78, 5) is 26.2. The third-order valence-corrected chi connectivity index (χ3v) is 7.26. The topological polar surface area (TPSA) is 102 Å². The van der Waals surface area contributed by atoms with Crippen LogP contribution in [-0.2, 0) is 14.8 Å². The largest absolute Gasteiger partial charge is 0.497 e. The van der Waals surface area contributed by atoms with E-state index in [9.17, 15) is 18.0 Å². The Balaban J connectivity index is 1.67. The molecule has 3 aromatic rings.